The van der Waals surface area contributed by atoms with Gasteiger partial charge in [0.25, 0.3) is 0 Å². The van der Waals surface area contributed by atoms with Gasteiger partial charge in [-0.1, -0.05) is 185 Å². The van der Waals surface area contributed by atoms with Crippen molar-refractivity contribution in [3.8, 4) is 66.8 Å². The minimum atomic E-state index is 1.01. The predicted molar refractivity (Wildman–Crippen MR) is 210 cm³/mol. The smallest absolute Gasteiger partial charge is 0.0265 e. The Labute approximate surface area is 303 Å². The number of benzene rings is 7. The number of halogens is 4. The van der Waals surface area contributed by atoms with Crippen LogP contribution in [0, 0.1) is 0 Å². The van der Waals surface area contributed by atoms with Crippen molar-refractivity contribution in [1.82, 2.24) is 0 Å². The molecule has 0 saturated carbocycles. The lowest BCUT2D eigenvalue weighted by molar-refractivity contribution is 1.49. The fourth-order valence-electron chi connectivity index (χ4n) is 5.95. The molecular weight excluding hydrogens is 824 g/mol. The molecule has 0 heterocycles. The second-order valence-corrected chi connectivity index (χ2v) is 14.4. The zero-order valence-corrected chi connectivity index (χ0v) is 30.9. The average molecular weight is 850 g/mol. The topological polar surface area (TPSA) is 0 Å². The summed E-state index contributed by atoms with van der Waals surface area (Å²) in [5.41, 5.74) is 13.9. The van der Waals surface area contributed by atoms with Gasteiger partial charge in [-0.3, -0.25) is 0 Å². The van der Waals surface area contributed by atoms with Crippen molar-refractivity contribution in [2.45, 2.75) is 0 Å². The van der Waals surface area contributed by atoms with Gasteiger partial charge in [0.05, 0.1) is 0 Å². The third-order valence-corrected chi connectivity index (χ3v) is 10.8. The van der Waals surface area contributed by atoms with Gasteiger partial charge < -0.3 is 0 Å². The lowest BCUT2D eigenvalue weighted by Crippen LogP contribution is -1.93. The van der Waals surface area contributed by atoms with Crippen molar-refractivity contribution >= 4 is 63.7 Å². The maximum Gasteiger partial charge on any atom is 0.0265 e. The molecule has 0 saturated heterocycles. The molecule has 7 rings (SSSR count). The summed E-state index contributed by atoms with van der Waals surface area (Å²) in [5, 5.41) is 0. The Morgan fingerprint density at radius 2 is 0.435 bits per heavy atom. The van der Waals surface area contributed by atoms with Gasteiger partial charge in [-0.05, 0) is 103 Å². The zero-order valence-electron chi connectivity index (χ0n) is 24.5. The third kappa shape index (κ3) is 6.24. The Kier molecular flexibility index (Phi) is 9.24. The van der Waals surface area contributed by atoms with Crippen LogP contribution in [0.15, 0.2) is 176 Å². The lowest BCUT2D eigenvalue weighted by Gasteiger charge is -2.19. The average Bonchev–Trinajstić information content (AvgIpc) is 3.10. The lowest BCUT2D eigenvalue weighted by atomic mass is 9.89. The maximum atomic E-state index is 3.97. The van der Waals surface area contributed by atoms with Crippen LogP contribution < -0.4 is 0 Å². The van der Waals surface area contributed by atoms with E-state index in [1.54, 1.807) is 0 Å². The quantitative estimate of drug-likeness (QED) is 0.156. The Morgan fingerprint density at radius 1 is 0.217 bits per heavy atom. The van der Waals surface area contributed by atoms with Crippen LogP contribution in [0.25, 0.3) is 66.8 Å². The van der Waals surface area contributed by atoms with Gasteiger partial charge in [0.1, 0.15) is 0 Å². The van der Waals surface area contributed by atoms with Gasteiger partial charge in [0.2, 0.25) is 0 Å². The van der Waals surface area contributed by atoms with Crippen LogP contribution in [0.3, 0.4) is 0 Å². The molecular formula is C42H26Br4. The van der Waals surface area contributed by atoms with Crippen LogP contribution in [-0.2, 0) is 0 Å². The van der Waals surface area contributed by atoms with Gasteiger partial charge in [0.15, 0.2) is 0 Å². The molecule has 0 bridgehead atoms. The Bertz CT molecular complexity index is 2000. The summed E-state index contributed by atoms with van der Waals surface area (Å²) in [6.07, 6.45) is 0. The van der Waals surface area contributed by atoms with E-state index in [1.165, 1.54) is 44.5 Å². The Morgan fingerprint density at radius 3 is 0.717 bits per heavy atom. The fourth-order valence-corrected chi connectivity index (χ4v) is 8.48. The zero-order chi connectivity index (χ0) is 31.6. The van der Waals surface area contributed by atoms with Crippen molar-refractivity contribution in [2.24, 2.45) is 0 Å². The summed E-state index contributed by atoms with van der Waals surface area (Å²) >= 11 is 15.8. The van der Waals surface area contributed by atoms with Crippen molar-refractivity contribution in [1.29, 1.82) is 0 Å². The van der Waals surface area contributed by atoms with Crippen molar-refractivity contribution in [2.75, 3.05) is 0 Å². The number of hydrogen-bond donors (Lipinski definition) is 0. The second kappa shape index (κ2) is 13.7. The minimum absolute atomic E-state index is 1.01. The Balaban J connectivity index is 1.43. The molecule has 0 N–H and O–H groups in total. The molecule has 0 aliphatic rings. The first-order chi connectivity index (χ1) is 22.5. The molecule has 0 unspecified atom stereocenters. The van der Waals surface area contributed by atoms with E-state index >= 15 is 0 Å². The molecule has 0 aliphatic heterocycles. The SMILES string of the molecule is Brc1cc(Br)c(-c2cc(-c3ccccc3)c(-c3ccccc3)cc2Br)cc1-c1cc(-c2ccccc2)c(-c2ccccc2)cc1Br. The van der Waals surface area contributed by atoms with E-state index in [4.69, 9.17) is 0 Å². The van der Waals surface area contributed by atoms with Crippen LogP contribution in [0.5, 0.6) is 0 Å². The third-order valence-electron chi connectivity index (χ3n) is 8.19. The molecule has 222 valence electrons. The Hall–Kier alpha value is -3.54. The van der Waals surface area contributed by atoms with Crippen molar-refractivity contribution in [3.63, 3.8) is 0 Å². The largest absolute Gasteiger partial charge is 0.0622 e. The minimum Gasteiger partial charge on any atom is -0.0622 e. The van der Waals surface area contributed by atoms with Crippen LogP contribution in [-0.4, -0.2) is 0 Å². The summed E-state index contributed by atoms with van der Waals surface area (Å²) in [6.45, 7) is 0. The first-order valence-corrected chi connectivity index (χ1v) is 18.0. The van der Waals surface area contributed by atoms with Crippen LogP contribution in [0.1, 0.15) is 0 Å². The van der Waals surface area contributed by atoms with Crippen molar-refractivity contribution in [3.05, 3.63) is 176 Å². The van der Waals surface area contributed by atoms with E-state index in [2.05, 4.69) is 221 Å². The molecule has 7 aromatic rings. The van der Waals surface area contributed by atoms with Gasteiger partial charge in [0, 0.05) is 17.9 Å². The van der Waals surface area contributed by atoms with E-state index in [1.807, 2.05) is 0 Å². The standard InChI is InChI=1S/C42H26Br4/c43-39-24-33(29-17-9-3-10-18-29)31(27-13-5-1-6-14-27)21-35(39)37-23-38(42(46)26-41(37)45)36-22-32(28-15-7-2-8-16-28)34(25-40(36)44)30-19-11-4-12-20-30/h1-26H. The van der Waals surface area contributed by atoms with E-state index in [0.29, 0.717) is 0 Å². The first kappa shape index (κ1) is 31.1. The monoisotopic (exact) mass is 846 g/mol. The molecule has 0 nitrogen and oxygen atoms in total. The molecule has 0 atom stereocenters. The highest BCUT2D eigenvalue weighted by molar-refractivity contribution is 9.11. The maximum absolute atomic E-state index is 3.97. The van der Waals surface area contributed by atoms with E-state index < -0.39 is 0 Å². The molecule has 0 fully saturated rings. The van der Waals surface area contributed by atoms with Gasteiger partial charge in [-0.2, -0.15) is 0 Å². The fraction of sp³-hybridized carbons (Fsp3) is 0. The molecule has 4 heteroatoms. The summed E-state index contributed by atoms with van der Waals surface area (Å²) in [6, 6.07) is 55.9. The molecule has 0 aliphatic carbocycles. The molecule has 0 aromatic heterocycles. The van der Waals surface area contributed by atoms with Crippen LogP contribution in [0.2, 0.25) is 0 Å². The second-order valence-electron chi connectivity index (χ2n) is 11.0. The van der Waals surface area contributed by atoms with Crippen LogP contribution >= 0.6 is 63.7 Å². The molecule has 0 spiro atoms. The highest BCUT2D eigenvalue weighted by atomic mass is 79.9. The van der Waals surface area contributed by atoms with E-state index in [9.17, 15) is 0 Å². The predicted octanol–water partition coefficient (Wildman–Crippen LogP) is 14.7. The summed E-state index contributed by atoms with van der Waals surface area (Å²) in [7, 11) is 0. The normalized spacial score (nSPS) is 11.0. The van der Waals surface area contributed by atoms with Gasteiger partial charge in [-0.25, -0.2) is 0 Å². The molecule has 0 amide bonds. The summed E-state index contributed by atoms with van der Waals surface area (Å²) in [4.78, 5) is 0. The van der Waals surface area contributed by atoms with Crippen LogP contribution in [0.4, 0.5) is 0 Å². The van der Waals surface area contributed by atoms with E-state index in [0.717, 1.165) is 40.1 Å². The highest BCUT2D eigenvalue weighted by Crippen LogP contribution is 2.47. The van der Waals surface area contributed by atoms with E-state index in [-0.39, 0.29) is 0 Å². The molecule has 46 heavy (non-hydrogen) atoms. The van der Waals surface area contributed by atoms with Gasteiger partial charge in [-0.15, -0.1) is 0 Å². The molecule has 0 radical (unpaired) electrons. The summed E-state index contributed by atoms with van der Waals surface area (Å²) < 4.78 is 4.08. The number of hydrogen-bond acceptors (Lipinski definition) is 0. The highest BCUT2D eigenvalue weighted by Gasteiger charge is 2.20. The molecule has 7 aromatic carbocycles. The first-order valence-electron chi connectivity index (χ1n) is 14.9. The van der Waals surface area contributed by atoms with Gasteiger partial charge >= 0.3 is 0 Å². The summed E-state index contributed by atoms with van der Waals surface area (Å²) in [5.74, 6) is 0. The number of rotatable bonds is 6. The van der Waals surface area contributed by atoms with Crippen molar-refractivity contribution < 1.29 is 0 Å².